The van der Waals surface area contributed by atoms with E-state index in [0.717, 1.165) is 17.8 Å². The molecule has 0 aromatic carbocycles. The maximum atomic E-state index is 10.8. The van der Waals surface area contributed by atoms with Crippen molar-refractivity contribution in [3.05, 3.63) is 30.1 Å². The molecule has 76 valence electrons. The molecular formula is C10H15N3O. The number of carbonyl (C=O) groups is 1. The number of amides is 1. The topological polar surface area (TPSA) is 46.9 Å². The van der Waals surface area contributed by atoms with E-state index in [1.165, 1.54) is 6.08 Å². The van der Waals surface area contributed by atoms with Crippen molar-refractivity contribution in [2.45, 2.75) is 13.3 Å². The maximum Gasteiger partial charge on any atom is 0.243 e. The Kier molecular flexibility index (Phi) is 3.45. The molecule has 0 fully saturated rings. The summed E-state index contributed by atoms with van der Waals surface area (Å²) in [5, 5.41) is 6.98. The molecule has 0 spiro atoms. The van der Waals surface area contributed by atoms with Crippen LogP contribution in [0.25, 0.3) is 0 Å². The zero-order valence-electron chi connectivity index (χ0n) is 8.58. The maximum absolute atomic E-state index is 10.8. The monoisotopic (exact) mass is 193 g/mol. The van der Waals surface area contributed by atoms with E-state index in [4.69, 9.17) is 0 Å². The Morgan fingerprint density at radius 1 is 1.79 bits per heavy atom. The van der Waals surface area contributed by atoms with Gasteiger partial charge in [-0.15, -0.1) is 0 Å². The van der Waals surface area contributed by atoms with Crippen molar-refractivity contribution in [2.24, 2.45) is 7.05 Å². The molecule has 1 aromatic rings. The van der Waals surface area contributed by atoms with Crippen molar-refractivity contribution in [3.63, 3.8) is 0 Å². The average Bonchev–Trinajstić information content (AvgIpc) is 2.46. The first-order valence-corrected chi connectivity index (χ1v) is 4.53. The summed E-state index contributed by atoms with van der Waals surface area (Å²) in [6, 6.07) is 2.01. The standard InChI is InChI=1S/C10H15N3O/c1-4-10(14)11-6-5-9-7-8(2)13(3)12-9/h4,7H,1,5-6H2,2-3H3,(H,11,14). The van der Waals surface area contributed by atoms with Gasteiger partial charge in [-0.3, -0.25) is 9.48 Å². The molecule has 0 bridgehead atoms. The van der Waals surface area contributed by atoms with E-state index in [0.29, 0.717) is 6.54 Å². The number of nitrogens with zero attached hydrogens (tertiary/aromatic N) is 2. The van der Waals surface area contributed by atoms with Gasteiger partial charge in [0.15, 0.2) is 0 Å². The van der Waals surface area contributed by atoms with Gasteiger partial charge in [0.1, 0.15) is 0 Å². The minimum Gasteiger partial charge on any atom is -0.352 e. The van der Waals surface area contributed by atoms with Crippen molar-refractivity contribution in [2.75, 3.05) is 6.54 Å². The van der Waals surface area contributed by atoms with Crippen LogP contribution in [0.3, 0.4) is 0 Å². The lowest BCUT2D eigenvalue weighted by Crippen LogP contribution is -2.23. The van der Waals surface area contributed by atoms with Gasteiger partial charge in [-0.1, -0.05) is 6.58 Å². The number of hydrogen-bond donors (Lipinski definition) is 1. The molecule has 1 aromatic heterocycles. The molecule has 1 rings (SSSR count). The Bertz CT molecular complexity index is 322. The molecule has 4 heteroatoms. The molecule has 0 radical (unpaired) electrons. The number of hydrogen-bond acceptors (Lipinski definition) is 2. The molecule has 0 aliphatic carbocycles. The molecule has 14 heavy (non-hydrogen) atoms. The van der Waals surface area contributed by atoms with Crippen LogP contribution in [0.15, 0.2) is 18.7 Å². The zero-order valence-corrected chi connectivity index (χ0v) is 8.58. The Labute approximate surface area is 83.6 Å². The summed E-state index contributed by atoms with van der Waals surface area (Å²) in [5.74, 6) is -0.141. The lowest BCUT2D eigenvalue weighted by Gasteiger charge is -1.98. The normalized spacial score (nSPS) is 9.86. The number of rotatable bonds is 4. The second-order valence-corrected chi connectivity index (χ2v) is 3.15. The minimum absolute atomic E-state index is 0.141. The largest absolute Gasteiger partial charge is 0.352 e. The quantitative estimate of drug-likeness (QED) is 0.711. The Hall–Kier alpha value is -1.58. The first kappa shape index (κ1) is 10.5. The van der Waals surface area contributed by atoms with E-state index in [1.807, 2.05) is 24.7 Å². The van der Waals surface area contributed by atoms with Gasteiger partial charge in [0.25, 0.3) is 0 Å². The Morgan fingerprint density at radius 3 is 3.00 bits per heavy atom. The zero-order chi connectivity index (χ0) is 10.6. The van der Waals surface area contributed by atoms with Crippen LogP contribution >= 0.6 is 0 Å². The molecular weight excluding hydrogens is 178 g/mol. The van der Waals surface area contributed by atoms with Crippen LogP contribution in [0.2, 0.25) is 0 Å². The second-order valence-electron chi connectivity index (χ2n) is 3.15. The predicted octanol–water partition coefficient (Wildman–Crippen LogP) is 0.573. The van der Waals surface area contributed by atoms with E-state index >= 15 is 0 Å². The highest BCUT2D eigenvalue weighted by Gasteiger charge is 2.01. The van der Waals surface area contributed by atoms with Crippen molar-refractivity contribution >= 4 is 5.91 Å². The van der Waals surface area contributed by atoms with Crippen molar-refractivity contribution in [1.82, 2.24) is 15.1 Å². The van der Waals surface area contributed by atoms with Crippen molar-refractivity contribution < 1.29 is 4.79 Å². The lowest BCUT2D eigenvalue weighted by molar-refractivity contribution is -0.116. The predicted molar refractivity (Wildman–Crippen MR) is 54.9 cm³/mol. The molecule has 1 amide bonds. The van der Waals surface area contributed by atoms with Gasteiger partial charge in [-0.25, -0.2) is 0 Å². The van der Waals surface area contributed by atoms with Crippen LogP contribution in [-0.2, 0) is 18.3 Å². The minimum atomic E-state index is -0.141. The summed E-state index contributed by atoms with van der Waals surface area (Å²) in [7, 11) is 1.90. The summed E-state index contributed by atoms with van der Waals surface area (Å²) < 4.78 is 1.82. The smallest absolute Gasteiger partial charge is 0.243 e. The lowest BCUT2D eigenvalue weighted by atomic mass is 10.3. The Morgan fingerprint density at radius 2 is 2.50 bits per heavy atom. The van der Waals surface area contributed by atoms with Crippen LogP contribution in [0.1, 0.15) is 11.4 Å². The fourth-order valence-electron chi connectivity index (χ4n) is 1.14. The fraction of sp³-hybridized carbons (Fsp3) is 0.400. The molecule has 0 saturated heterocycles. The molecule has 4 nitrogen and oxygen atoms in total. The van der Waals surface area contributed by atoms with Crippen LogP contribution in [0.5, 0.6) is 0 Å². The number of nitrogens with one attached hydrogen (secondary N) is 1. The summed E-state index contributed by atoms with van der Waals surface area (Å²) >= 11 is 0. The highest BCUT2D eigenvalue weighted by molar-refractivity contribution is 5.86. The number of aryl methyl sites for hydroxylation is 2. The number of carbonyl (C=O) groups excluding carboxylic acids is 1. The summed E-state index contributed by atoms with van der Waals surface area (Å²) in [6.07, 6.45) is 2.02. The SMILES string of the molecule is C=CC(=O)NCCc1cc(C)n(C)n1. The third-order valence-electron chi connectivity index (χ3n) is 2.03. The Balaban J connectivity index is 2.38. The van der Waals surface area contributed by atoms with Gasteiger partial charge in [0.05, 0.1) is 5.69 Å². The molecule has 1 N–H and O–H groups in total. The van der Waals surface area contributed by atoms with E-state index < -0.39 is 0 Å². The van der Waals surface area contributed by atoms with Crippen LogP contribution in [0, 0.1) is 6.92 Å². The van der Waals surface area contributed by atoms with E-state index in [2.05, 4.69) is 17.0 Å². The summed E-state index contributed by atoms with van der Waals surface area (Å²) in [6.45, 7) is 5.97. The van der Waals surface area contributed by atoms with Gasteiger partial charge in [-0.2, -0.15) is 5.10 Å². The summed E-state index contributed by atoms with van der Waals surface area (Å²) in [5.41, 5.74) is 2.12. The second kappa shape index (κ2) is 4.60. The first-order chi connectivity index (χ1) is 6.63. The highest BCUT2D eigenvalue weighted by Crippen LogP contribution is 2.00. The third-order valence-corrected chi connectivity index (χ3v) is 2.03. The van der Waals surface area contributed by atoms with Gasteiger partial charge in [0, 0.05) is 25.7 Å². The molecule has 0 aliphatic rings. The molecule has 0 aliphatic heterocycles. The number of aromatic nitrogens is 2. The van der Waals surface area contributed by atoms with Gasteiger partial charge in [0.2, 0.25) is 5.91 Å². The molecule has 0 saturated carbocycles. The first-order valence-electron chi connectivity index (χ1n) is 4.53. The highest BCUT2D eigenvalue weighted by atomic mass is 16.1. The fourth-order valence-corrected chi connectivity index (χ4v) is 1.14. The van der Waals surface area contributed by atoms with Gasteiger partial charge in [-0.05, 0) is 19.1 Å². The molecule has 1 heterocycles. The average molecular weight is 193 g/mol. The molecule has 0 unspecified atom stereocenters. The van der Waals surface area contributed by atoms with Crippen LogP contribution in [0.4, 0.5) is 0 Å². The van der Waals surface area contributed by atoms with E-state index in [1.54, 1.807) is 0 Å². The van der Waals surface area contributed by atoms with Crippen molar-refractivity contribution in [1.29, 1.82) is 0 Å². The molecule has 0 atom stereocenters. The summed E-state index contributed by atoms with van der Waals surface area (Å²) in [4.78, 5) is 10.8. The van der Waals surface area contributed by atoms with Gasteiger partial charge < -0.3 is 5.32 Å². The van der Waals surface area contributed by atoms with Crippen molar-refractivity contribution in [3.8, 4) is 0 Å². The van der Waals surface area contributed by atoms with E-state index in [-0.39, 0.29) is 5.91 Å². The van der Waals surface area contributed by atoms with Gasteiger partial charge >= 0.3 is 0 Å². The third kappa shape index (κ3) is 2.73. The van der Waals surface area contributed by atoms with E-state index in [9.17, 15) is 4.79 Å². The van der Waals surface area contributed by atoms with Crippen LogP contribution < -0.4 is 5.32 Å². The van der Waals surface area contributed by atoms with Crippen LogP contribution in [-0.4, -0.2) is 22.2 Å².